The van der Waals surface area contributed by atoms with Crippen LogP contribution in [0.4, 0.5) is 0 Å². The summed E-state index contributed by atoms with van der Waals surface area (Å²) >= 11 is 5.21. The summed E-state index contributed by atoms with van der Waals surface area (Å²) in [4.78, 5) is 15.0. The van der Waals surface area contributed by atoms with E-state index in [1.54, 1.807) is 12.3 Å². The molecule has 0 aromatic carbocycles. The molecule has 0 bridgehead atoms. The van der Waals surface area contributed by atoms with Crippen LogP contribution in [0, 0.1) is 3.70 Å². The van der Waals surface area contributed by atoms with Crippen LogP contribution < -0.4 is 0 Å². The summed E-state index contributed by atoms with van der Waals surface area (Å²) in [6.45, 7) is 0. The molecule has 0 atom stereocenters. The molecule has 0 radical (unpaired) electrons. The second kappa shape index (κ2) is 4.50. The molecule has 16 heavy (non-hydrogen) atoms. The molecule has 5 nitrogen and oxygen atoms in total. The van der Waals surface area contributed by atoms with Crippen LogP contribution in [0.3, 0.4) is 0 Å². The van der Waals surface area contributed by atoms with Crippen LogP contribution in [-0.4, -0.2) is 25.8 Å². The van der Waals surface area contributed by atoms with E-state index in [1.807, 2.05) is 28.7 Å². The number of carboxylic acids is 1. The van der Waals surface area contributed by atoms with Crippen molar-refractivity contribution in [3.8, 4) is 5.82 Å². The lowest BCUT2D eigenvalue weighted by molar-refractivity contribution is 0.0695. The highest BCUT2D eigenvalue weighted by Crippen LogP contribution is 2.17. The number of halogens is 2. The standard InChI is InChI=1S/C9H5BrIN3O2/c10-5-1-2-7(12-3-5)14-8(11)6(4-13-14)9(15)16/h1-4H,(H,15,16). The van der Waals surface area contributed by atoms with Crippen molar-refractivity contribution in [2.24, 2.45) is 0 Å². The van der Waals surface area contributed by atoms with Gasteiger partial charge in [-0.1, -0.05) is 0 Å². The molecule has 82 valence electrons. The summed E-state index contributed by atoms with van der Waals surface area (Å²) in [5, 5.41) is 12.9. The van der Waals surface area contributed by atoms with Crippen LogP contribution in [0.2, 0.25) is 0 Å². The van der Waals surface area contributed by atoms with Gasteiger partial charge >= 0.3 is 5.97 Å². The Morgan fingerprint density at radius 1 is 1.44 bits per heavy atom. The Morgan fingerprint density at radius 3 is 2.69 bits per heavy atom. The van der Waals surface area contributed by atoms with Crippen molar-refractivity contribution in [2.45, 2.75) is 0 Å². The molecule has 2 heterocycles. The fourth-order valence-electron chi connectivity index (χ4n) is 1.13. The SMILES string of the molecule is O=C(O)c1cnn(-c2ccc(Br)cn2)c1I. The van der Waals surface area contributed by atoms with E-state index in [9.17, 15) is 4.79 Å². The van der Waals surface area contributed by atoms with E-state index in [0.29, 0.717) is 9.52 Å². The maximum Gasteiger partial charge on any atom is 0.340 e. The lowest BCUT2D eigenvalue weighted by atomic mass is 10.4. The molecule has 2 rings (SSSR count). The van der Waals surface area contributed by atoms with Crippen LogP contribution in [0.25, 0.3) is 5.82 Å². The maximum atomic E-state index is 10.8. The van der Waals surface area contributed by atoms with Gasteiger partial charge in [-0.25, -0.2) is 14.5 Å². The van der Waals surface area contributed by atoms with E-state index in [0.717, 1.165) is 4.47 Å². The first-order chi connectivity index (χ1) is 7.59. The fraction of sp³-hybridized carbons (Fsp3) is 0. The van der Waals surface area contributed by atoms with Crippen LogP contribution in [-0.2, 0) is 0 Å². The number of pyridine rings is 1. The predicted octanol–water partition coefficient (Wildman–Crippen LogP) is 2.33. The number of hydrogen-bond donors (Lipinski definition) is 1. The normalized spacial score (nSPS) is 10.4. The number of hydrogen-bond acceptors (Lipinski definition) is 3. The van der Waals surface area contributed by atoms with Crippen LogP contribution in [0.5, 0.6) is 0 Å². The lowest BCUT2D eigenvalue weighted by Crippen LogP contribution is -2.03. The van der Waals surface area contributed by atoms with Crippen molar-refractivity contribution < 1.29 is 9.90 Å². The smallest absolute Gasteiger partial charge is 0.340 e. The van der Waals surface area contributed by atoms with Gasteiger partial charge in [0.15, 0.2) is 5.82 Å². The van der Waals surface area contributed by atoms with Gasteiger partial charge in [-0.2, -0.15) is 5.10 Å². The quantitative estimate of drug-likeness (QED) is 0.795. The molecule has 7 heteroatoms. The van der Waals surface area contributed by atoms with Crippen molar-refractivity contribution in [1.82, 2.24) is 14.8 Å². The van der Waals surface area contributed by atoms with Crippen molar-refractivity contribution >= 4 is 44.5 Å². The van der Waals surface area contributed by atoms with Gasteiger partial charge in [-0.3, -0.25) is 0 Å². The number of nitrogens with zero attached hydrogens (tertiary/aromatic N) is 3. The first-order valence-corrected chi connectivity index (χ1v) is 6.05. The molecule has 0 fully saturated rings. The fourth-order valence-corrected chi connectivity index (χ4v) is 2.11. The van der Waals surface area contributed by atoms with Crippen molar-refractivity contribution in [3.05, 3.63) is 38.3 Å². The summed E-state index contributed by atoms with van der Waals surface area (Å²) in [6, 6.07) is 3.57. The highest BCUT2D eigenvalue weighted by Gasteiger charge is 2.15. The summed E-state index contributed by atoms with van der Waals surface area (Å²) in [5.74, 6) is -0.409. The van der Waals surface area contributed by atoms with Crippen molar-refractivity contribution in [2.75, 3.05) is 0 Å². The van der Waals surface area contributed by atoms with E-state index in [2.05, 4.69) is 26.0 Å². The minimum Gasteiger partial charge on any atom is -0.478 e. The van der Waals surface area contributed by atoms with E-state index in [1.165, 1.54) is 10.9 Å². The van der Waals surface area contributed by atoms with Gasteiger partial charge in [-0.05, 0) is 50.7 Å². The second-order valence-corrected chi connectivity index (χ2v) is 4.84. The average molecular weight is 394 g/mol. The lowest BCUT2D eigenvalue weighted by Gasteiger charge is -2.01. The topological polar surface area (TPSA) is 68.0 Å². The number of carboxylic acid groups (broad SMARTS) is 1. The second-order valence-electron chi connectivity index (χ2n) is 2.90. The maximum absolute atomic E-state index is 10.8. The Balaban J connectivity index is 2.49. The van der Waals surface area contributed by atoms with Gasteiger partial charge in [0.1, 0.15) is 9.26 Å². The third kappa shape index (κ3) is 2.09. The third-order valence-corrected chi connectivity index (χ3v) is 3.38. The molecule has 0 saturated heterocycles. The third-order valence-electron chi connectivity index (χ3n) is 1.87. The Hall–Kier alpha value is -0.960. The molecule has 2 aromatic rings. The van der Waals surface area contributed by atoms with Gasteiger partial charge in [-0.15, -0.1) is 0 Å². The monoisotopic (exact) mass is 393 g/mol. The van der Waals surface area contributed by atoms with Crippen LogP contribution in [0.1, 0.15) is 10.4 Å². The average Bonchev–Trinajstić information content (AvgIpc) is 2.61. The zero-order valence-corrected chi connectivity index (χ0v) is 11.5. The molecule has 0 aliphatic heterocycles. The van der Waals surface area contributed by atoms with Gasteiger partial charge in [0, 0.05) is 10.7 Å². The first kappa shape index (κ1) is 11.5. The van der Waals surface area contributed by atoms with E-state index < -0.39 is 5.97 Å². The van der Waals surface area contributed by atoms with Gasteiger partial charge in [0.25, 0.3) is 0 Å². The van der Waals surface area contributed by atoms with E-state index in [4.69, 9.17) is 5.11 Å². The minimum atomic E-state index is -0.993. The van der Waals surface area contributed by atoms with E-state index >= 15 is 0 Å². The number of aromatic carboxylic acids is 1. The van der Waals surface area contributed by atoms with Gasteiger partial charge in [0.2, 0.25) is 0 Å². The molecular weight excluding hydrogens is 389 g/mol. The van der Waals surface area contributed by atoms with Gasteiger partial charge < -0.3 is 5.11 Å². The molecule has 0 unspecified atom stereocenters. The Morgan fingerprint density at radius 2 is 2.19 bits per heavy atom. The number of rotatable bonds is 2. The Bertz CT molecular complexity index is 538. The highest BCUT2D eigenvalue weighted by atomic mass is 127. The molecular formula is C9H5BrIN3O2. The molecule has 0 spiro atoms. The molecule has 0 aliphatic rings. The minimum absolute atomic E-state index is 0.172. The summed E-state index contributed by atoms with van der Waals surface area (Å²) in [6.07, 6.45) is 2.95. The first-order valence-electron chi connectivity index (χ1n) is 4.18. The predicted molar refractivity (Wildman–Crippen MR) is 68.7 cm³/mol. The van der Waals surface area contributed by atoms with Crippen molar-refractivity contribution in [1.29, 1.82) is 0 Å². The highest BCUT2D eigenvalue weighted by molar-refractivity contribution is 14.1. The molecule has 0 amide bonds. The Kier molecular flexibility index (Phi) is 3.24. The van der Waals surface area contributed by atoms with Crippen LogP contribution >= 0.6 is 38.5 Å². The van der Waals surface area contributed by atoms with Crippen molar-refractivity contribution in [3.63, 3.8) is 0 Å². The van der Waals surface area contributed by atoms with Crippen LogP contribution in [0.15, 0.2) is 29.0 Å². The molecule has 1 N–H and O–H groups in total. The zero-order valence-electron chi connectivity index (χ0n) is 7.76. The number of carbonyl (C=O) groups is 1. The summed E-state index contributed by atoms with van der Waals surface area (Å²) in [7, 11) is 0. The molecule has 0 aliphatic carbocycles. The largest absolute Gasteiger partial charge is 0.478 e. The molecule has 2 aromatic heterocycles. The molecule has 0 saturated carbocycles. The van der Waals surface area contributed by atoms with E-state index in [-0.39, 0.29) is 5.56 Å². The zero-order chi connectivity index (χ0) is 11.7. The Labute approximate surface area is 113 Å². The summed E-state index contributed by atoms with van der Waals surface area (Å²) in [5.41, 5.74) is 0.172. The number of aromatic nitrogens is 3. The van der Waals surface area contributed by atoms with Gasteiger partial charge in [0.05, 0.1) is 6.20 Å². The summed E-state index contributed by atoms with van der Waals surface area (Å²) < 4.78 is 2.87.